The van der Waals surface area contributed by atoms with Crippen molar-refractivity contribution in [3.8, 4) is 5.75 Å². The van der Waals surface area contributed by atoms with Crippen LogP contribution in [0.25, 0.3) is 0 Å². The molecule has 0 fully saturated rings. The molecule has 0 saturated carbocycles. The maximum atomic E-state index is 13.1. The lowest BCUT2D eigenvalue weighted by molar-refractivity contribution is -0.137. The lowest BCUT2D eigenvalue weighted by Gasteiger charge is -2.10. The van der Waals surface area contributed by atoms with Gasteiger partial charge >= 0.3 is 6.18 Å². The van der Waals surface area contributed by atoms with Crippen molar-refractivity contribution in [2.24, 2.45) is 0 Å². The Bertz CT molecular complexity index is 607. The summed E-state index contributed by atoms with van der Waals surface area (Å²) < 4.78 is 68.6. The minimum atomic E-state index is -4.64. The highest BCUT2D eigenvalue weighted by Crippen LogP contribution is 2.30. The summed E-state index contributed by atoms with van der Waals surface area (Å²) in [4.78, 5) is 0. The predicted molar refractivity (Wildman–Crippen MR) is 61.0 cm³/mol. The molecule has 0 aliphatic rings. The summed E-state index contributed by atoms with van der Waals surface area (Å²) in [5.41, 5.74) is -1.10. The van der Waals surface area contributed by atoms with Crippen molar-refractivity contribution < 1.29 is 26.7 Å². The fourth-order valence-electron chi connectivity index (χ4n) is 1.56. The zero-order valence-electron chi connectivity index (χ0n) is 9.97. The Hall–Kier alpha value is -2.11. The topological polar surface area (TPSA) is 9.23 Å². The van der Waals surface area contributed by atoms with Crippen LogP contribution in [0.2, 0.25) is 0 Å². The lowest BCUT2D eigenvalue weighted by atomic mass is 10.1. The van der Waals surface area contributed by atoms with Gasteiger partial charge in [0, 0.05) is 12.1 Å². The van der Waals surface area contributed by atoms with Crippen LogP contribution in [0.5, 0.6) is 5.75 Å². The summed E-state index contributed by atoms with van der Waals surface area (Å²) in [5, 5.41) is 0. The van der Waals surface area contributed by atoms with E-state index in [4.69, 9.17) is 4.74 Å². The van der Waals surface area contributed by atoms with E-state index in [0.29, 0.717) is 6.07 Å². The van der Waals surface area contributed by atoms with E-state index in [0.717, 1.165) is 24.3 Å². The highest BCUT2D eigenvalue weighted by atomic mass is 19.4. The van der Waals surface area contributed by atoms with Crippen LogP contribution in [0.15, 0.2) is 36.4 Å². The largest absolute Gasteiger partial charge is 0.488 e. The minimum Gasteiger partial charge on any atom is -0.488 e. The molecule has 0 bridgehead atoms. The molecular weight excluding hydrogens is 279 g/mol. The van der Waals surface area contributed by atoms with Crippen LogP contribution in [0.3, 0.4) is 0 Å². The second-order valence-electron chi connectivity index (χ2n) is 4.01. The highest BCUT2D eigenvalue weighted by Gasteiger charge is 2.31. The van der Waals surface area contributed by atoms with Gasteiger partial charge < -0.3 is 4.74 Å². The Morgan fingerprint density at radius 1 is 1.00 bits per heavy atom. The van der Waals surface area contributed by atoms with Crippen molar-refractivity contribution in [3.05, 3.63) is 65.2 Å². The SMILES string of the molecule is Fc1cc[c]c(OCc2cc(F)cc(C(F)(F)F)c2)c1. The number of hydrogen-bond donors (Lipinski definition) is 0. The van der Waals surface area contributed by atoms with E-state index < -0.39 is 23.4 Å². The van der Waals surface area contributed by atoms with Crippen LogP contribution < -0.4 is 4.74 Å². The van der Waals surface area contributed by atoms with Crippen molar-refractivity contribution in [1.29, 1.82) is 0 Å². The molecule has 2 aromatic rings. The van der Waals surface area contributed by atoms with E-state index in [-0.39, 0.29) is 17.9 Å². The molecule has 0 atom stereocenters. The summed E-state index contributed by atoms with van der Waals surface area (Å²) in [6, 6.07) is 8.12. The third-order valence-electron chi connectivity index (χ3n) is 2.42. The highest BCUT2D eigenvalue weighted by molar-refractivity contribution is 5.27. The molecule has 0 heterocycles. The smallest absolute Gasteiger partial charge is 0.416 e. The number of rotatable bonds is 3. The maximum Gasteiger partial charge on any atom is 0.416 e. The number of alkyl halides is 3. The molecule has 0 N–H and O–H groups in total. The van der Waals surface area contributed by atoms with Crippen molar-refractivity contribution >= 4 is 0 Å². The molecule has 2 rings (SSSR count). The van der Waals surface area contributed by atoms with Gasteiger partial charge in [0.15, 0.2) is 0 Å². The molecule has 0 aromatic heterocycles. The van der Waals surface area contributed by atoms with Gasteiger partial charge in [-0.15, -0.1) is 0 Å². The van der Waals surface area contributed by atoms with E-state index >= 15 is 0 Å². The van der Waals surface area contributed by atoms with Crippen molar-refractivity contribution in [2.45, 2.75) is 12.8 Å². The van der Waals surface area contributed by atoms with E-state index in [9.17, 15) is 22.0 Å². The summed E-state index contributed by atoms with van der Waals surface area (Å²) in [7, 11) is 0. The summed E-state index contributed by atoms with van der Waals surface area (Å²) in [6.45, 7) is -0.319. The van der Waals surface area contributed by atoms with Crippen LogP contribution >= 0.6 is 0 Å². The van der Waals surface area contributed by atoms with Crippen LogP contribution in [0.4, 0.5) is 22.0 Å². The molecule has 1 nitrogen and oxygen atoms in total. The van der Waals surface area contributed by atoms with Gasteiger partial charge in [0.2, 0.25) is 0 Å². The number of ether oxygens (including phenoxy) is 1. The maximum absolute atomic E-state index is 13.1. The molecule has 6 heteroatoms. The third kappa shape index (κ3) is 3.69. The van der Waals surface area contributed by atoms with E-state index in [2.05, 4.69) is 6.07 Å². The molecule has 0 amide bonds. The van der Waals surface area contributed by atoms with E-state index in [1.54, 1.807) is 0 Å². The van der Waals surface area contributed by atoms with Crippen LogP contribution in [0, 0.1) is 17.7 Å². The molecular formula is C14H8F5O. The van der Waals surface area contributed by atoms with Crippen LogP contribution in [-0.2, 0) is 12.8 Å². The zero-order chi connectivity index (χ0) is 14.8. The Morgan fingerprint density at radius 3 is 2.40 bits per heavy atom. The summed E-state index contributed by atoms with van der Waals surface area (Å²) in [5.74, 6) is -1.54. The van der Waals surface area contributed by atoms with E-state index in [1.807, 2.05) is 0 Å². The van der Waals surface area contributed by atoms with Gasteiger partial charge in [-0.1, -0.05) is 0 Å². The Labute approximate surface area is 111 Å². The van der Waals surface area contributed by atoms with E-state index in [1.165, 1.54) is 6.07 Å². The van der Waals surface area contributed by atoms with Gasteiger partial charge in [-0.05, 0) is 35.9 Å². The molecule has 0 aliphatic carbocycles. The monoisotopic (exact) mass is 287 g/mol. The normalized spacial score (nSPS) is 11.4. The Balaban J connectivity index is 2.16. The average molecular weight is 287 g/mol. The predicted octanol–water partition coefficient (Wildman–Crippen LogP) is 4.36. The quantitative estimate of drug-likeness (QED) is 0.762. The van der Waals surface area contributed by atoms with Crippen molar-refractivity contribution in [3.63, 3.8) is 0 Å². The first-order valence-electron chi connectivity index (χ1n) is 5.51. The fraction of sp³-hybridized carbons (Fsp3) is 0.143. The first kappa shape index (κ1) is 14.3. The first-order valence-corrected chi connectivity index (χ1v) is 5.51. The summed E-state index contributed by atoms with van der Waals surface area (Å²) in [6.07, 6.45) is -4.64. The van der Waals surface area contributed by atoms with Gasteiger partial charge in [-0.3, -0.25) is 0 Å². The standard InChI is InChI=1S/C14H8F5O/c15-11-2-1-3-13(7-11)20-8-9-4-10(14(17,18)19)6-12(16)5-9/h1-2,4-7H,8H2. The molecule has 20 heavy (non-hydrogen) atoms. The number of halogens is 5. The zero-order valence-corrected chi connectivity index (χ0v) is 9.97. The molecule has 0 unspecified atom stereocenters. The number of benzene rings is 2. The van der Waals surface area contributed by atoms with Gasteiger partial charge in [-0.2, -0.15) is 13.2 Å². The summed E-state index contributed by atoms with van der Waals surface area (Å²) >= 11 is 0. The van der Waals surface area contributed by atoms with Crippen molar-refractivity contribution in [2.75, 3.05) is 0 Å². The second kappa shape index (κ2) is 5.48. The number of hydrogen-bond acceptors (Lipinski definition) is 1. The fourth-order valence-corrected chi connectivity index (χ4v) is 1.56. The molecule has 0 spiro atoms. The Kier molecular flexibility index (Phi) is 3.92. The molecule has 1 radical (unpaired) electrons. The first-order chi connectivity index (χ1) is 9.34. The van der Waals surface area contributed by atoms with Gasteiger partial charge in [0.1, 0.15) is 24.0 Å². The van der Waals surface area contributed by atoms with Gasteiger partial charge in [0.05, 0.1) is 5.56 Å². The molecule has 105 valence electrons. The average Bonchev–Trinajstić information content (AvgIpc) is 2.35. The molecule has 2 aromatic carbocycles. The van der Waals surface area contributed by atoms with Crippen molar-refractivity contribution in [1.82, 2.24) is 0 Å². The minimum absolute atomic E-state index is 0.00464. The Morgan fingerprint density at radius 2 is 1.75 bits per heavy atom. The lowest BCUT2D eigenvalue weighted by Crippen LogP contribution is -2.07. The molecule has 0 aliphatic heterocycles. The van der Waals surface area contributed by atoms with Gasteiger partial charge in [-0.25, -0.2) is 8.78 Å². The second-order valence-corrected chi connectivity index (χ2v) is 4.01. The third-order valence-corrected chi connectivity index (χ3v) is 2.42. The van der Waals surface area contributed by atoms with Crippen LogP contribution in [0.1, 0.15) is 11.1 Å². The molecule has 0 saturated heterocycles. The van der Waals surface area contributed by atoms with Crippen LogP contribution in [-0.4, -0.2) is 0 Å². The van der Waals surface area contributed by atoms with Gasteiger partial charge in [0.25, 0.3) is 0 Å².